The number of aliphatic hydroxyl groups excluding tert-OH is 2. The summed E-state index contributed by atoms with van der Waals surface area (Å²) in [6, 6.07) is 0. The monoisotopic (exact) mass is 428 g/mol. The zero-order valence-corrected chi connectivity index (χ0v) is 20.3. The van der Waals surface area contributed by atoms with Crippen LogP contribution in [0.4, 0.5) is 0 Å². The van der Waals surface area contributed by atoms with Crippen LogP contribution < -0.4 is 0 Å². The highest BCUT2D eigenvalue weighted by Crippen LogP contribution is 2.60. The van der Waals surface area contributed by atoms with Crippen LogP contribution >= 0.6 is 0 Å². The second-order valence-corrected chi connectivity index (χ2v) is 11.3. The molecule has 3 nitrogen and oxygen atoms in total. The van der Waals surface area contributed by atoms with Gasteiger partial charge < -0.3 is 15.3 Å². The van der Waals surface area contributed by atoms with Gasteiger partial charge in [0.1, 0.15) is 0 Å². The minimum absolute atomic E-state index is 0.0973. The van der Waals surface area contributed by atoms with Crippen molar-refractivity contribution in [3.63, 3.8) is 0 Å². The third kappa shape index (κ3) is 5.10. The van der Waals surface area contributed by atoms with Gasteiger partial charge in [-0.1, -0.05) is 64.2 Å². The minimum Gasteiger partial charge on any atom is -0.393 e. The Morgan fingerprint density at radius 3 is 2.55 bits per heavy atom. The van der Waals surface area contributed by atoms with E-state index < -0.39 is 17.8 Å². The van der Waals surface area contributed by atoms with Crippen LogP contribution in [0.3, 0.4) is 0 Å². The first-order valence-electron chi connectivity index (χ1n) is 12.3. The summed E-state index contributed by atoms with van der Waals surface area (Å²) in [7, 11) is 0. The molecule has 3 saturated carbocycles. The van der Waals surface area contributed by atoms with Crippen molar-refractivity contribution < 1.29 is 15.3 Å². The molecule has 31 heavy (non-hydrogen) atoms. The van der Waals surface area contributed by atoms with Gasteiger partial charge >= 0.3 is 0 Å². The van der Waals surface area contributed by atoms with Crippen LogP contribution in [-0.2, 0) is 0 Å². The SMILES string of the molecule is C=C1/C(=C\C=C2/CCC[C@@]3(C)[C@H]2CC[C@@H]3[C@@](C)(O)/C=C/[C@H](C)C(C)C)C[C@@H](O)C[C@@H]1O. The largest absolute Gasteiger partial charge is 0.393 e. The van der Waals surface area contributed by atoms with E-state index in [-0.39, 0.29) is 11.3 Å². The van der Waals surface area contributed by atoms with Crippen LogP contribution in [0.5, 0.6) is 0 Å². The fraction of sp³-hybridized carbons (Fsp3) is 0.714. The minimum atomic E-state index is -0.792. The van der Waals surface area contributed by atoms with Crippen molar-refractivity contribution in [2.24, 2.45) is 29.1 Å². The Morgan fingerprint density at radius 2 is 1.87 bits per heavy atom. The van der Waals surface area contributed by atoms with Gasteiger partial charge in [0, 0.05) is 6.42 Å². The molecule has 174 valence electrons. The van der Waals surface area contributed by atoms with Crippen molar-refractivity contribution in [1.82, 2.24) is 0 Å². The molecular weight excluding hydrogens is 384 g/mol. The molecule has 7 atom stereocenters. The molecule has 0 aromatic carbocycles. The lowest BCUT2D eigenvalue weighted by atomic mass is 9.60. The molecule has 0 aromatic rings. The fourth-order valence-corrected chi connectivity index (χ4v) is 6.35. The lowest BCUT2D eigenvalue weighted by molar-refractivity contribution is -0.0241. The average Bonchev–Trinajstić information content (AvgIpc) is 3.06. The smallest absolute Gasteiger partial charge is 0.0833 e. The molecule has 0 aliphatic heterocycles. The number of aliphatic hydroxyl groups is 3. The molecule has 3 heteroatoms. The molecule has 3 fully saturated rings. The van der Waals surface area contributed by atoms with Gasteiger partial charge in [-0.3, -0.25) is 0 Å². The van der Waals surface area contributed by atoms with Crippen LogP contribution in [0.25, 0.3) is 0 Å². The van der Waals surface area contributed by atoms with Crippen LogP contribution in [0.15, 0.2) is 47.6 Å². The van der Waals surface area contributed by atoms with Gasteiger partial charge in [-0.25, -0.2) is 0 Å². The average molecular weight is 429 g/mol. The number of hydrogen-bond acceptors (Lipinski definition) is 3. The van der Waals surface area contributed by atoms with Gasteiger partial charge in [0.15, 0.2) is 0 Å². The Labute approximate surface area is 189 Å². The molecule has 0 radical (unpaired) electrons. The maximum Gasteiger partial charge on any atom is 0.0833 e. The van der Waals surface area contributed by atoms with E-state index in [2.05, 4.69) is 58.6 Å². The van der Waals surface area contributed by atoms with E-state index in [0.717, 1.165) is 43.3 Å². The van der Waals surface area contributed by atoms with Crippen LogP contribution in [0.2, 0.25) is 0 Å². The number of allylic oxidation sites excluding steroid dienone is 4. The van der Waals surface area contributed by atoms with Crippen molar-refractivity contribution in [2.75, 3.05) is 0 Å². The topological polar surface area (TPSA) is 60.7 Å². The first kappa shape index (κ1) is 24.5. The summed E-state index contributed by atoms with van der Waals surface area (Å²) in [4.78, 5) is 0. The molecule has 0 saturated heterocycles. The second-order valence-electron chi connectivity index (χ2n) is 11.3. The van der Waals surface area contributed by atoms with E-state index in [4.69, 9.17) is 0 Å². The second kappa shape index (κ2) is 9.37. The number of fused-ring (bicyclic) bond motifs is 1. The summed E-state index contributed by atoms with van der Waals surface area (Å²) >= 11 is 0. The molecule has 3 rings (SSSR count). The summed E-state index contributed by atoms with van der Waals surface area (Å²) < 4.78 is 0. The quantitative estimate of drug-likeness (QED) is 0.490. The third-order valence-corrected chi connectivity index (χ3v) is 8.72. The summed E-state index contributed by atoms with van der Waals surface area (Å²) in [6.45, 7) is 15.1. The zero-order chi connectivity index (χ0) is 23.0. The molecule has 0 heterocycles. The Balaban J connectivity index is 1.81. The summed E-state index contributed by atoms with van der Waals surface area (Å²) in [5, 5.41) is 31.7. The maximum absolute atomic E-state index is 11.5. The van der Waals surface area contributed by atoms with Crippen LogP contribution in [0, 0.1) is 29.1 Å². The Hall–Kier alpha value is -1.16. The van der Waals surface area contributed by atoms with Crippen LogP contribution in [-0.4, -0.2) is 33.1 Å². The predicted molar refractivity (Wildman–Crippen MR) is 128 cm³/mol. The lowest BCUT2D eigenvalue weighted by Crippen LogP contribution is -2.44. The molecule has 3 aliphatic carbocycles. The molecular formula is C28H44O3. The Bertz CT molecular complexity index is 756. The molecule has 0 bridgehead atoms. The van der Waals surface area contributed by atoms with E-state index >= 15 is 0 Å². The van der Waals surface area contributed by atoms with Crippen LogP contribution in [0.1, 0.15) is 79.6 Å². The standard InChI is InChI=1S/C28H44O3/c1-18(2)19(3)13-15-28(6,31)26-12-11-24-21(8-7-14-27(24,26)5)9-10-22-16-23(29)17-25(30)20(22)4/h9-10,13,15,18-19,23-26,29-31H,4,7-8,11-12,14,16-17H2,1-3,5-6H3/b15-13+,21-9+,22-10-/t19-,23+,24-,25-,26-,27-,28-/m0/s1. The summed E-state index contributed by atoms with van der Waals surface area (Å²) in [5.41, 5.74) is 2.48. The van der Waals surface area contributed by atoms with E-state index in [1.54, 1.807) is 0 Å². The van der Waals surface area contributed by atoms with Crippen molar-refractivity contribution >= 4 is 0 Å². The Kier molecular flexibility index (Phi) is 7.40. The zero-order valence-electron chi connectivity index (χ0n) is 20.3. The summed E-state index contributed by atoms with van der Waals surface area (Å²) in [6.07, 6.45) is 14.0. The maximum atomic E-state index is 11.5. The van der Waals surface area contributed by atoms with Gasteiger partial charge in [-0.05, 0) is 85.7 Å². The highest BCUT2D eigenvalue weighted by atomic mass is 16.3. The highest BCUT2D eigenvalue weighted by molar-refractivity contribution is 5.38. The molecule has 0 amide bonds. The molecule has 3 N–H and O–H groups in total. The molecule has 0 unspecified atom stereocenters. The van der Waals surface area contributed by atoms with E-state index in [1.165, 1.54) is 5.57 Å². The van der Waals surface area contributed by atoms with Crippen molar-refractivity contribution in [1.29, 1.82) is 0 Å². The molecule has 3 aliphatic rings. The number of hydrogen-bond donors (Lipinski definition) is 3. The van der Waals surface area contributed by atoms with Gasteiger partial charge in [-0.15, -0.1) is 0 Å². The van der Waals surface area contributed by atoms with Gasteiger partial charge in [0.05, 0.1) is 17.8 Å². The predicted octanol–water partition coefficient (Wildman–Crippen LogP) is 5.73. The van der Waals surface area contributed by atoms with E-state index in [1.807, 2.05) is 6.92 Å². The molecule has 0 aromatic heterocycles. The van der Waals surface area contributed by atoms with Gasteiger partial charge in [0.2, 0.25) is 0 Å². The highest BCUT2D eigenvalue weighted by Gasteiger charge is 2.54. The van der Waals surface area contributed by atoms with Crippen molar-refractivity contribution in [3.05, 3.63) is 47.6 Å². The van der Waals surface area contributed by atoms with Crippen molar-refractivity contribution in [3.8, 4) is 0 Å². The summed E-state index contributed by atoms with van der Waals surface area (Å²) in [5.74, 6) is 1.77. The lowest BCUT2D eigenvalue weighted by Gasteiger charge is -2.46. The first-order chi connectivity index (χ1) is 14.5. The number of rotatable bonds is 5. The Morgan fingerprint density at radius 1 is 1.16 bits per heavy atom. The normalized spacial score (nSPS) is 40.0. The first-order valence-corrected chi connectivity index (χ1v) is 12.3. The van der Waals surface area contributed by atoms with Crippen molar-refractivity contribution in [2.45, 2.75) is 97.4 Å². The van der Waals surface area contributed by atoms with E-state index in [0.29, 0.717) is 30.6 Å². The van der Waals surface area contributed by atoms with Gasteiger partial charge in [0.25, 0.3) is 0 Å². The molecule has 0 spiro atoms. The van der Waals surface area contributed by atoms with E-state index in [9.17, 15) is 15.3 Å². The third-order valence-electron chi connectivity index (χ3n) is 8.72. The fourth-order valence-electron chi connectivity index (χ4n) is 6.35. The van der Waals surface area contributed by atoms with Gasteiger partial charge in [-0.2, -0.15) is 0 Å².